The number of amides is 5. The second-order valence-corrected chi connectivity index (χ2v) is 9.03. The summed E-state index contributed by atoms with van der Waals surface area (Å²) in [5, 5.41) is 10.2. The van der Waals surface area contributed by atoms with Crippen LogP contribution < -0.4 is 32.7 Å². The van der Waals surface area contributed by atoms with Gasteiger partial charge in [0.15, 0.2) is 0 Å². The summed E-state index contributed by atoms with van der Waals surface area (Å²) in [6.45, 7) is 12.0. The van der Waals surface area contributed by atoms with Crippen molar-refractivity contribution in [3.8, 4) is 0 Å². The highest BCUT2D eigenvalue weighted by molar-refractivity contribution is 5.95. The van der Waals surface area contributed by atoms with Crippen molar-refractivity contribution in [1.29, 1.82) is 0 Å². The molecule has 5 atom stereocenters. The predicted molar refractivity (Wildman–Crippen MR) is 121 cm³/mol. The zero-order valence-corrected chi connectivity index (χ0v) is 20.2. The normalized spacial score (nSPS) is 15.8. The number of nitrogens with two attached hydrogens (primary N) is 2. The molecule has 11 heteroatoms. The molecule has 5 amide bonds. The van der Waals surface area contributed by atoms with Gasteiger partial charge >= 0.3 is 0 Å². The molecule has 0 aromatic carbocycles. The van der Waals surface area contributed by atoms with Crippen LogP contribution >= 0.6 is 0 Å². The van der Waals surface area contributed by atoms with Crippen LogP contribution in [0.15, 0.2) is 0 Å². The monoisotopic (exact) mass is 456 g/mol. The maximum atomic E-state index is 12.7. The molecule has 32 heavy (non-hydrogen) atoms. The molecule has 0 unspecified atom stereocenters. The molecule has 0 fully saturated rings. The second-order valence-electron chi connectivity index (χ2n) is 9.03. The Morgan fingerprint density at radius 1 is 0.594 bits per heavy atom. The van der Waals surface area contributed by atoms with Crippen LogP contribution in [-0.4, -0.2) is 59.7 Å². The van der Waals surface area contributed by atoms with Gasteiger partial charge in [0.25, 0.3) is 0 Å². The molecule has 0 saturated heterocycles. The third-order valence-electron chi connectivity index (χ3n) is 4.63. The number of rotatable bonds is 13. The Morgan fingerprint density at radius 2 is 0.969 bits per heavy atom. The van der Waals surface area contributed by atoms with Crippen LogP contribution in [0.3, 0.4) is 0 Å². The van der Waals surface area contributed by atoms with Crippen molar-refractivity contribution in [2.45, 2.75) is 91.5 Å². The Kier molecular flexibility index (Phi) is 12.5. The van der Waals surface area contributed by atoms with E-state index in [0.29, 0.717) is 12.8 Å². The molecule has 0 aliphatic heterocycles. The summed E-state index contributed by atoms with van der Waals surface area (Å²) in [7, 11) is 0. The first-order valence-electron chi connectivity index (χ1n) is 10.9. The molecule has 0 aromatic rings. The van der Waals surface area contributed by atoms with Gasteiger partial charge in [-0.05, 0) is 45.4 Å². The van der Waals surface area contributed by atoms with Gasteiger partial charge in [-0.2, -0.15) is 0 Å². The Morgan fingerprint density at radius 3 is 1.31 bits per heavy atom. The number of nitrogens with one attached hydrogen (secondary N) is 4. The molecular formula is C21H40N6O5. The van der Waals surface area contributed by atoms with Crippen LogP contribution in [0.4, 0.5) is 0 Å². The number of hydrogen-bond donors (Lipinski definition) is 6. The number of carbonyl (C=O) groups excluding carboxylic acids is 5. The van der Waals surface area contributed by atoms with Gasteiger partial charge in [-0.25, -0.2) is 0 Å². The van der Waals surface area contributed by atoms with Gasteiger partial charge < -0.3 is 32.7 Å². The summed E-state index contributed by atoms with van der Waals surface area (Å²) in [4.78, 5) is 61.0. The van der Waals surface area contributed by atoms with Crippen LogP contribution in [0.5, 0.6) is 0 Å². The van der Waals surface area contributed by atoms with Gasteiger partial charge in [-0.15, -0.1) is 0 Å². The van der Waals surface area contributed by atoms with E-state index >= 15 is 0 Å². The van der Waals surface area contributed by atoms with Gasteiger partial charge in [0.2, 0.25) is 29.5 Å². The van der Waals surface area contributed by atoms with E-state index in [4.69, 9.17) is 11.5 Å². The van der Waals surface area contributed by atoms with Crippen molar-refractivity contribution >= 4 is 29.5 Å². The van der Waals surface area contributed by atoms with Crippen LogP contribution in [0.2, 0.25) is 0 Å². The quantitative estimate of drug-likeness (QED) is 0.204. The average Bonchev–Trinajstić information content (AvgIpc) is 2.65. The standard InChI is InChI=1S/C21H40N6O5/c1-10(2)8-15(26-18(29)12(5)22)21(32)25-14(7)19(30)27-16(9-11(3)4)20(31)24-13(6)17(23)28/h10-16H,8-9,22H2,1-7H3,(H2,23,28)(H,24,31)(H,25,32)(H,26,29)(H,27,30)/t12-,13-,14-,15-,16-/m0/s1. The molecule has 0 bridgehead atoms. The highest BCUT2D eigenvalue weighted by Gasteiger charge is 2.29. The summed E-state index contributed by atoms with van der Waals surface area (Å²) >= 11 is 0. The summed E-state index contributed by atoms with van der Waals surface area (Å²) in [5.74, 6) is -2.63. The SMILES string of the molecule is CC(C)C[C@H](NC(=O)[C@H](C)N)C(=O)N[C@@H](C)C(=O)N[C@@H](CC(C)C)C(=O)N[C@@H](C)C(N)=O. The van der Waals surface area contributed by atoms with E-state index in [1.807, 2.05) is 27.7 Å². The Bertz CT molecular complexity index is 680. The predicted octanol–water partition coefficient (Wildman–Crippen LogP) is -1.11. The van der Waals surface area contributed by atoms with E-state index in [0.717, 1.165) is 0 Å². The molecule has 0 aliphatic rings. The Labute approximate surface area is 190 Å². The molecule has 184 valence electrons. The molecular weight excluding hydrogens is 416 g/mol. The van der Waals surface area contributed by atoms with E-state index < -0.39 is 59.7 Å². The minimum atomic E-state index is -0.972. The highest BCUT2D eigenvalue weighted by atomic mass is 16.2. The van der Waals surface area contributed by atoms with E-state index in [2.05, 4.69) is 21.3 Å². The molecule has 0 aromatic heterocycles. The minimum absolute atomic E-state index is 0.0729. The number of primary amides is 1. The van der Waals surface area contributed by atoms with Gasteiger partial charge in [0.1, 0.15) is 24.2 Å². The molecule has 8 N–H and O–H groups in total. The lowest BCUT2D eigenvalue weighted by Gasteiger charge is -2.25. The molecule has 0 heterocycles. The molecule has 0 spiro atoms. The van der Waals surface area contributed by atoms with Crippen molar-refractivity contribution < 1.29 is 24.0 Å². The molecule has 0 radical (unpaired) electrons. The van der Waals surface area contributed by atoms with Crippen molar-refractivity contribution in [3.63, 3.8) is 0 Å². The van der Waals surface area contributed by atoms with E-state index in [9.17, 15) is 24.0 Å². The first-order chi connectivity index (χ1) is 14.6. The van der Waals surface area contributed by atoms with Crippen LogP contribution in [0, 0.1) is 11.8 Å². The van der Waals surface area contributed by atoms with Gasteiger partial charge in [0.05, 0.1) is 6.04 Å². The first kappa shape index (κ1) is 29.3. The van der Waals surface area contributed by atoms with Crippen molar-refractivity contribution in [2.24, 2.45) is 23.3 Å². The topological polar surface area (TPSA) is 186 Å². The van der Waals surface area contributed by atoms with Crippen LogP contribution in [-0.2, 0) is 24.0 Å². The third-order valence-corrected chi connectivity index (χ3v) is 4.63. The fourth-order valence-corrected chi connectivity index (χ4v) is 2.77. The lowest BCUT2D eigenvalue weighted by Crippen LogP contribution is -2.58. The second kappa shape index (κ2) is 13.7. The molecule has 0 saturated carbocycles. The third kappa shape index (κ3) is 11.1. The maximum absolute atomic E-state index is 12.7. The number of hydrogen-bond acceptors (Lipinski definition) is 6. The van der Waals surface area contributed by atoms with Crippen LogP contribution in [0.25, 0.3) is 0 Å². The highest BCUT2D eigenvalue weighted by Crippen LogP contribution is 2.08. The number of carbonyl (C=O) groups is 5. The smallest absolute Gasteiger partial charge is 0.243 e. The van der Waals surface area contributed by atoms with Crippen molar-refractivity contribution in [3.05, 3.63) is 0 Å². The van der Waals surface area contributed by atoms with E-state index in [1.165, 1.54) is 20.8 Å². The van der Waals surface area contributed by atoms with Gasteiger partial charge in [0, 0.05) is 0 Å². The van der Waals surface area contributed by atoms with E-state index in [-0.39, 0.29) is 11.8 Å². The lowest BCUT2D eigenvalue weighted by molar-refractivity contribution is -0.134. The first-order valence-corrected chi connectivity index (χ1v) is 10.9. The van der Waals surface area contributed by atoms with Crippen molar-refractivity contribution in [2.75, 3.05) is 0 Å². The summed E-state index contributed by atoms with van der Waals surface area (Å²) in [5.41, 5.74) is 10.7. The molecule has 0 rings (SSSR count). The van der Waals surface area contributed by atoms with E-state index in [1.54, 1.807) is 0 Å². The Balaban J connectivity index is 5.21. The summed E-state index contributed by atoms with van der Waals surface area (Å²) in [6, 6.07) is -4.41. The lowest BCUT2D eigenvalue weighted by atomic mass is 10.0. The summed E-state index contributed by atoms with van der Waals surface area (Å²) in [6.07, 6.45) is 0.687. The zero-order valence-electron chi connectivity index (χ0n) is 20.2. The average molecular weight is 457 g/mol. The zero-order chi connectivity index (χ0) is 25.2. The fourth-order valence-electron chi connectivity index (χ4n) is 2.77. The summed E-state index contributed by atoms with van der Waals surface area (Å²) < 4.78 is 0. The fraction of sp³-hybridized carbons (Fsp3) is 0.762. The molecule has 0 aliphatic carbocycles. The minimum Gasteiger partial charge on any atom is -0.368 e. The maximum Gasteiger partial charge on any atom is 0.243 e. The van der Waals surface area contributed by atoms with Crippen LogP contribution in [0.1, 0.15) is 61.3 Å². The van der Waals surface area contributed by atoms with Gasteiger partial charge in [-0.3, -0.25) is 24.0 Å². The molecule has 11 nitrogen and oxygen atoms in total. The largest absolute Gasteiger partial charge is 0.368 e. The Hall–Kier alpha value is -2.69. The van der Waals surface area contributed by atoms with Gasteiger partial charge in [-0.1, -0.05) is 27.7 Å². The van der Waals surface area contributed by atoms with Crippen molar-refractivity contribution in [1.82, 2.24) is 21.3 Å².